The van der Waals surface area contributed by atoms with Crippen LogP contribution in [0, 0.1) is 6.92 Å². The van der Waals surface area contributed by atoms with Crippen LogP contribution in [0.1, 0.15) is 44.0 Å². The van der Waals surface area contributed by atoms with Gasteiger partial charge < -0.3 is 10.1 Å². The Kier molecular flexibility index (Phi) is 6.84. The van der Waals surface area contributed by atoms with Gasteiger partial charge in [0, 0.05) is 30.8 Å². The fraction of sp³-hybridized carbons (Fsp3) is 0.320. The first-order valence-electron chi connectivity index (χ1n) is 10.9. The molecule has 4 rings (SSSR count). The lowest BCUT2D eigenvalue weighted by atomic mass is 9.93. The van der Waals surface area contributed by atoms with Crippen LogP contribution < -0.4 is 10.1 Å². The summed E-state index contributed by atoms with van der Waals surface area (Å²) >= 11 is 0. The predicted octanol–water partition coefficient (Wildman–Crippen LogP) is 5.15. The maximum Gasteiger partial charge on any atom is 0.148 e. The van der Waals surface area contributed by atoms with E-state index in [1.807, 2.05) is 31.2 Å². The number of aliphatic imine (C=N–C) groups is 1. The molecule has 1 aliphatic rings. The third kappa shape index (κ3) is 5.35. The van der Waals surface area contributed by atoms with Gasteiger partial charge in [0.15, 0.2) is 0 Å². The topological polar surface area (TPSA) is 85.2 Å². The van der Waals surface area contributed by atoms with Crippen molar-refractivity contribution in [3.8, 4) is 5.75 Å². The Labute approximate surface area is 188 Å². The molecule has 1 fully saturated rings. The molecule has 0 bridgehead atoms. The second-order valence-corrected chi connectivity index (χ2v) is 8.00. The summed E-state index contributed by atoms with van der Waals surface area (Å²) < 4.78 is 6.47. The first kappa shape index (κ1) is 21.6. The highest BCUT2D eigenvalue weighted by atomic mass is 16.5. The molecule has 7 nitrogen and oxygen atoms in total. The molecule has 0 radical (unpaired) electrons. The van der Waals surface area contributed by atoms with E-state index in [4.69, 9.17) is 4.74 Å². The zero-order valence-corrected chi connectivity index (χ0v) is 18.5. The molecule has 3 aromatic rings. The van der Waals surface area contributed by atoms with Gasteiger partial charge in [-0.15, -0.1) is 0 Å². The van der Waals surface area contributed by atoms with Crippen molar-refractivity contribution in [3.05, 3.63) is 66.5 Å². The van der Waals surface area contributed by atoms with E-state index >= 15 is 0 Å². The summed E-state index contributed by atoms with van der Waals surface area (Å²) in [5.74, 6) is 2.45. The van der Waals surface area contributed by atoms with E-state index in [1.165, 1.54) is 0 Å². The zero-order valence-electron chi connectivity index (χ0n) is 18.5. The van der Waals surface area contributed by atoms with E-state index in [2.05, 4.69) is 50.0 Å². The van der Waals surface area contributed by atoms with Crippen LogP contribution in [0.2, 0.25) is 0 Å². The summed E-state index contributed by atoms with van der Waals surface area (Å²) in [6, 6.07) is 6.41. The standard InChI is InChI=1S/C25H28N6O/c1-17(5-4-11-26-3)19-15-22-25(29-14-13-28-22)23(16-19)32-21-8-6-20(7-9-21)31-24-10-12-27-18(2)30-24/h4-5,10-16,20-21H,3,6-9H2,1-2H3,(H,27,30,31)/b11-4-,17-5+/t20-,21+. The van der Waals surface area contributed by atoms with E-state index in [-0.39, 0.29) is 6.10 Å². The molecule has 0 atom stereocenters. The minimum Gasteiger partial charge on any atom is -0.488 e. The summed E-state index contributed by atoms with van der Waals surface area (Å²) in [5, 5.41) is 3.53. The molecule has 0 saturated heterocycles. The van der Waals surface area contributed by atoms with Crippen LogP contribution in [-0.2, 0) is 0 Å². The van der Waals surface area contributed by atoms with E-state index in [1.54, 1.807) is 24.8 Å². The normalized spacial score (nSPS) is 19.2. The number of benzene rings is 1. The number of aryl methyl sites for hydroxylation is 1. The summed E-state index contributed by atoms with van der Waals surface area (Å²) in [7, 11) is 0. The molecule has 164 valence electrons. The molecule has 1 saturated carbocycles. The van der Waals surface area contributed by atoms with E-state index in [9.17, 15) is 0 Å². The Bertz CT molecular complexity index is 1150. The zero-order chi connectivity index (χ0) is 22.3. The van der Waals surface area contributed by atoms with Gasteiger partial charge in [-0.2, -0.15) is 0 Å². The van der Waals surface area contributed by atoms with Crippen LogP contribution in [0.25, 0.3) is 16.6 Å². The number of allylic oxidation sites excluding steroid dienone is 3. The quantitative estimate of drug-likeness (QED) is 0.414. The molecule has 2 aromatic heterocycles. The van der Waals surface area contributed by atoms with Gasteiger partial charge >= 0.3 is 0 Å². The Morgan fingerprint density at radius 2 is 1.94 bits per heavy atom. The van der Waals surface area contributed by atoms with Crippen molar-refractivity contribution in [3.63, 3.8) is 0 Å². The van der Waals surface area contributed by atoms with Crippen LogP contribution in [0.3, 0.4) is 0 Å². The SMILES string of the molecule is C=N/C=C\C=C(/C)c1cc(O[C@H]2CC[C@@H](Nc3ccnc(C)n3)CC2)c2nccnc2c1. The molecule has 2 heterocycles. The van der Waals surface area contributed by atoms with Crippen LogP contribution in [0.4, 0.5) is 5.82 Å². The van der Waals surface area contributed by atoms with E-state index in [0.717, 1.165) is 65.2 Å². The fourth-order valence-electron chi connectivity index (χ4n) is 3.96. The Hall–Kier alpha value is -3.61. The summed E-state index contributed by atoms with van der Waals surface area (Å²) in [6.45, 7) is 7.43. The molecule has 7 heteroatoms. The third-order valence-corrected chi connectivity index (χ3v) is 5.63. The third-order valence-electron chi connectivity index (χ3n) is 5.63. The van der Waals surface area contributed by atoms with Crippen LogP contribution in [-0.4, -0.2) is 38.8 Å². The summed E-state index contributed by atoms with van der Waals surface area (Å²) in [5.41, 5.74) is 3.77. The van der Waals surface area contributed by atoms with Gasteiger partial charge in [-0.05, 0) is 81.7 Å². The number of anilines is 1. The minimum absolute atomic E-state index is 0.148. The molecule has 1 aromatic carbocycles. The Morgan fingerprint density at radius 3 is 2.72 bits per heavy atom. The van der Waals surface area contributed by atoms with Crippen molar-refractivity contribution in [2.45, 2.75) is 51.7 Å². The number of aromatic nitrogens is 4. The molecule has 0 unspecified atom stereocenters. The minimum atomic E-state index is 0.148. The van der Waals surface area contributed by atoms with Gasteiger partial charge in [0.05, 0.1) is 11.6 Å². The van der Waals surface area contributed by atoms with Crippen LogP contribution in [0.5, 0.6) is 5.75 Å². The average molecular weight is 429 g/mol. The van der Waals surface area contributed by atoms with Crippen LogP contribution >= 0.6 is 0 Å². The van der Waals surface area contributed by atoms with Crippen molar-refractivity contribution in [2.24, 2.45) is 4.99 Å². The largest absolute Gasteiger partial charge is 0.488 e. The molecule has 0 spiro atoms. The maximum absolute atomic E-state index is 6.47. The molecule has 1 aliphatic carbocycles. The summed E-state index contributed by atoms with van der Waals surface area (Å²) in [4.78, 5) is 21.4. The number of hydrogen-bond donors (Lipinski definition) is 1. The van der Waals surface area contributed by atoms with Gasteiger partial charge in [-0.25, -0.2) is 15.0 Å². The Balaban J connectivity index is 1.47. The molecule has 1 N–H and O–H groups in total. The number of fused-ring (bicyclic) bond motifs is 1. The van der Waals surface area contributed by atoms with E-state index < -0.39 is 0 Å². The molecule has 0 amide bonds. The van der Waals surface area contributed by atoms with Gasteiger partial charge in [-0.3, -0.25) is 9.98 Å². The van der Waals surface area contributed by atoms with E-state index in [0.29, 0.717) is 6.04 Å². The number of nitrogens with zero attached hydrogens (tertiary/aromatic N) is 5. The fourth-order valence-corrected chi connectivity index (χ4v) is 3.96. The van der Waals surface area contributed by atoms with Crippen LogP contribution in [0.15, 0.2) is 60.1 Å². The lowest BCUT2D eigenvalue weighted by molar-refractivity contribution is 0.151. The van der Waals surface area contributed by atoms with Gasteiger partial charge in [-0.1, -0.05) is 6.08 Å². The molecular formula is C25H28N6O. The smallest absolute Gasteiger partial charge is 0.148 e. The summed E-state index contributed by atoms with van der Waals surface area (Å²) in [6.07, 6.45) is 14.9. The first-order valence-corrected chi connectivity index (χ1v) is 10.9. The number of ether oxygens (including phenoxy) is 1. The highest BCUT2D eigenvalue weighted by Gasteiger charge is 2.24. The van der Waals surface area contributed by atoms with Crippen molar-refractivity contribution in [1.29, 1.82) is 0 Å². The van der Waals surface area contributed by atoms with Gasteiger partial charge in [0.1, 0.15) is 22.9 Å². The van der Waals surface area contributed by atoms with Crippen molar-refractivity contribution in [1.82, 2.24) is 19.9 Å². The van der Waals surface area contributed by atoms with Gasteiger partial charge in [0.25, 0.3) is 0 Å². The molecular weight excluding hydrogens is 400 g/mol. The number of nitrogens with one attached hydrogen (secondary N) is 1. The van der Waals surface area contributed by atoms with Gasteiger partial charge in [0.2, 0.25) is 0 Å². The average Bonchev–Trinajstić information content (AvgIpc) is 2.80. The maximum atomic E-state index is 6.47. The lowest BCUT2D eigenvalue weighted by Gasteiger charge is -2.30. The monoisotopic (exact) mass is 428 g/mol. The van der Waals surface area contributed by atoms with Crippen molar-refractivity contribution in [2.75, 3.05) is 5.32 Å². The van der Waals surface area contributed by atoms with Crippen molar-refractivity contribution < 1.29 is 4.74 Å². The lowest BCUT2D eigenvalue weighted by Crippen LogP contribution is -2.31. The second kappa shape index (κ2) is 10.1. The van der Waals surface area contributed by atoms with Crippen molar-refractivity contribution >= 4 is 29.1 Å². The highest BCUT2D eigenvalue weighted by Crippen LogP contribution is 2.32. The second-order valence-electron chi connectivity index (χ2n) is 8.00. The Morgan fingerprint density at radius 1 is 1.12 bits per heavy atom. The molecule has 0 aliphatic heterocycles. The predicted molar refractivity (Wildman–Crippen MR) is 129 cm³/mol. The highest BCUT2D eigenvalue weighted by molar-refractivity contribution is 5.85. The first-order chi connectivity index (χ1) is 15.6. The molecule has 32 heavy (non-hydrogen) atoms. The number of rotatable bonds is 7. The number of hydrogen-bond acceptors (Lipinski definition) is 7.